The first-order valence-corrected chi connectivity index (χ1v) is 9.38. The Kier molecular flexibility index (Phi) is 5.35. The van der Waals surface area contributed by atoms with E-state index < -0.39 is 0 Å². The number of halogens is 1. The van der Waals surface area contributed by atoms with Crippen LogP contribution in [-0.2, 0) is 17.8 Å². The lowest BCUT2D eigenvalue weighted by atomic mass is 10.2. The molecule has 1 amide bonds. The second-order valence-corrected chi connectivity index (χ2v) is 6.67. The molecule has 0 atom stereocenters. The van der Waals surface area contributed by atoms with E-state index in [9.17, 15) is 4.79 Å². The van der Waals surface area contributed by atoms with Crippen molar-refractivity contribution in [1.29, 1.82) is 0 Å². The molecule has 0 bridgehead atoms. The summed E-state index contributed by atoms with van der Waals surface area (Å²) < 4.78 is 7.05. The van der Waals surface area contributed by atoms with Crippen LogP contribution in [0.2, 0.25) is 5.02 Å². The lowest BCUT2D eigenvalue weighted by molar-refractivity contribution is -0.116. The predicted molar refractivity (Wildman–Crippen MR) is 108 cm³/mol. The van der Waals surface area contributed by atoms with E-state index in [0.29, 0.717) is 34.6 Å². The number of benzene rings is 1. The third kappa shape index (κ3) is 4.33. The van der Waals surface area contributed by atoms with E-state index in [4.69, 9.17) is 16.1 Å². The Morgan fingerprint density at radius 3 is 2.83 bits per heavy atom. The van der Waals surface area contributed by atoms with Crippen molar-refractivity contribution in [2.24, 2.45) is 0 Å². The third-order valence-corrected chi connectivity index (χ3v) is 4.48. The van der Waals surface area contributed by atoms with Crippen LogP contribution in [0.25, 0.3) is 23.2 Å². The van der Waals surface area contributed by atoms with Crippen LogP contribution in [0.4, 0.5) is 0 Å². The Bertz CT molecular complexity index is 1180. The molecule has 0 aliphatic rings. The SMILES string of the molecule is CCc1noc(-c2ccn3c(CNC(=O)/C=C/c4ccc(Cl)cc4)nnc3c2)n1. The van der Waals surface area contributed by atoms with Gasteiger partial charge in [0.2, 0.25) is 5.91 Å². The molecule has 0 aliphatic heterocycles. The summed E-state index contributed by atoms with van der Waals surface area (Å²) in [6, 6.07) is 10.9. The van der Waals surface area contributed by atoms with Crippen LogP contribution in [0.3, 0.4) is 0 Å². The Labute approximate surface area is 171 Å². The number of amides is 1. The summed E-state index contributed by atoms with van der Waals surface area (Å²) in [6.07, 6.45) is 5.69. The van der Waals surface area contributed by atoms with Crippen molar-refractivity contribution in [1.82, 2.24) is 30.1 Å². The van der Waals surface area contributed by atoms with Gasteiger partial charge in [-0.2, -0.15) is 4.98 Å². The molecule has 1 N–H and O–H groups in total. The number of carbonyl (C=O) groups excluding carboxylic acids is 1. The zero-order valence-electron chi connectivity index (χ0n) is 15.5. The molecule has 0 unspecified atom stereocenters. The highest BCUT2D eigenvalue weighted by atomic mass is 35.5. The zero-order valence-corrected chi connectivity index (χ0v) is 16.3. The number of carbonyl (C=O) groups is 1. The van der Waals surface area contributed by atoms with Gasteiger partial charge in [0.15, 0.2) is 17.3 Å². The van der Waals surface area contributed by atoms with Gasteiger partial charge in [-0.15, -0.1) is 10.2 Å². The first-order chi connectivity index (χ1) is 14.1. The maximum atomic E-state index is 12.1. The summed E-state index contributed by atoms with van der Waals surface area (Å²) in [5.41, 5.74) is 2.27. The molecule has 29 heavy (non-hydrogen) atoms. The topological polar surface area (TPSA) is 98.2 Å². The number of pyridine rings is 1. The Balaban J connectivity index is 1.43. The third-order valence-electron chi connectivity index (χ3n) is 4.23. The molecule has 3 aromatic heterocycles. The summed E-state index contributed by atoms with van der Waals surface area (Å²) in [5.74, 6) is 1.47. The summed E-state index contributed by atoms with van der Waals surface area (Å²) in [6.45, 7) is 2.20. The highest BCUT2D eigenvalue weighted by Crippen LogP contribution is 2.19. The average molecular weight is 409 g/mol. The van der Waals surface area contributed by atoms with E-state index in [2.05, 4.69) is 25.7 Å². The van der Waals surface area contributed by atoms with Gasteiger partial charge >= 0.3 is 0 Å². The number of hydrogen-bond donors (Lipinski definition) is 1. The van der Waals surface area contributed by atoms with Gasteiger partial charge in [0, 0.05) is 29.3 Å². The van der Waals surface area contributed by atoms with Crippen molar-refractivity contribution < 1.29 is 9.32 Å². The summed E-state index contributed by atoms with van der Waals surface area (Å²) in [4.78, 5) is 16.4. The number of nitrogens with one attached hydrogen (secondary N) is 1. The fraction of sp³-hybridized carbons (Fsp3) is 0.150. The van der Waals surface area contributed by atoms with Crippen LogP contribution < -0.4 is 5.32 Å². The molecule has 146 valence electrons. The molecule has 0 saturated carbocycles. The van der Waals surface area contributed by atoms with Crippen molar-refractivity contribution in [3.8, 4) is 11.5 Å². The fourth-order valence-electron chi connectivity index (χ4n) is 2.68. The number of fused-ring (bicyclic) bond motifs is 1. The molecule has 0 radical (unpaired) electrons. The molecule has 4 aromatic rings. The van der Waals surface area contributed by atoms with Crippen LogP contribution in [0, 0.1) is 0 Å². The zero-order chi connectivity index (χ0) is 20.2. The molecule has 0 aliphatic carbocycles. The van der Waals surface area contributed by atoms with Gasteiger partial charge in [0.25, 0.3) is 5.89 Å². The number of aromatic nitrogens is 5. The largest absolute Gasteiger partial charge is 0.345 e. The molecule has 4 rings (SSSR count). The molecule has 0 fully saturated rings. The van der Waals surface area contributed by atoms with Crippen LogP contribution in [-0.4, -0.2) is 30.6 Å². The quantitative estimate of drug-likeness (QED) is 0.491. The van der Waals surface area contributed by atoms with E-state index in [1.807, 2.05) is 37.4 Å². The van der Waals surface area contributed by atoms with Crippen molar-refractivity contribution in [2.75, 3.05) is 0 Å². The van der Waals surface area contributed by atoms with E-state index in [0.717, 1.165) is 11.1 Å². The highest BCUT2D eigenvalue weighted by molar-refractivity contribution is 6.30. The van der Waals surface area contributed by atoms with Crippen LogP contribution >= 0.6 is 11.6 Å². The summed E-state index contributed by atoms with van der Waals surface area (Å²) >= 11 is 5.85. The predicted octanol–water partition coefficient (Wildman–Crippen LogP) is 3.32. The smallest absolute Gasteiger partial charge is 0.258 e. The summed E-state index contributed by atoms with van der Waals surface area (Å²) in [5, 5.41) is 15.6. The molecule has 9 heteroatoms. The second kappa shape index (κ2) is 8.24. The number of rotatable bonds is 6. The van der Waals surface area contributed by atoms with Gasteiger partial charge in [-0.25, -0.2) is 0 Å². The highest BCUT2D eigenvalue weighted by Gasteiger charge is 2.11. The molecule has 8 nitrogen and oxygen atoms in total. The van der Waals surface area contributed by atoms with Crippen molar-refractivity contribution in [2.45, 2.75) is 19.9 Å². The monoisotopic (exact) mass is 408 g/mol. The van der Waals surface area contributed by atoms with Gasteiger partial charge in [-0.3, -0.25) is 9.20 Å². The number of nitrogens with zero attached hydrogens (tertiary/aromatic N) is 5. The minimum absolute atomic E-state index is 0.230. The number of aryl methyl sites for hydroxylation is 1. The Morgan fingerprint density at radius 1 is 1.24 bits per heavy atom. The molecule has 0 saturated heterocycles. The van der Waals surface area contributed by atoms with Crippen LogP contribution in [0.1, 0.15) is 24.1 Å². The van der Waals surface area contributed by atoms with Crippen LogP contribution in [0.5, 0.6) is 0 Å². The van der Waals surface area contributed by atoms with Gasteiger partial charge in [0.05, 0.1) is 6.54 Å². The van der Waals surface area contributed by atoms with Crippen molar-refractivity contribution in [3.05, 3.63) is 70.9 Å². The number of hydrogen-bond acceptors (Lipinski definition) is 6. The first kappa shape index (κ1) is 18.8. The van der Waals surface area contributed by atoms with Crippen molar-refractivity contribution in [3.63, 3.8) is 0 Å². The minimum Gasteiger partial charge on any atom is -0.345 e. The van der Waals surface area contributed by atoms with Gasteiger partial charge < -0.3 is 9.84 Å². The molecule has 1 aromatic carbocycles. The lowest BCUT2D eigenvalue weighted by Crippen LogP contribution is -2.21. The minimum atomic E-state index is -0.230. The Morgan fingerprint density at radius 2 is 2.07 bits per heavy atom. The second-order valence-electron chi connectivity index (χ2n) is 6.23. The van der Waals surface area contributed by atoms with Gasteiger partial charge in [-0.1, -0.05) is 35.8 Å². The van der Waals surface area contributed by atoms with E-state index in [1.54, 1.807) is 22.6 Å². The fourth-order valence-corrected chi connectivity index (χ4v) is 2.81. The van der Waals surface area contributed by atoms with Gasteiger partial charge in [0.1, 0.15) is 0 Å². The molecular weight excluding hydrogens is 392 g/mol. The first-order valence-electron chi connectivity index (χ1n) is 9.00. The Hall–Kier alpha value is -3.52. The van der Waals surface area contributed by atoms with E-state index >= 15 is 0 Å². The summed E-state index contributed by atoms with van der Waals surface area (Å²) in [7, 11) is 0. The molecule has 3 heterocycles. The lowest BCUT2D eigenvalue weighted by Gasteiger charge is -2.02. The van der Waals surface area contributed by atoms with Crippen LogP contribution in [0.15, 0.2) is 53.2 Å². The van der Waals surface area contributed by atoms with E-state index in [1.165, 1.54) is 6.08 Å². The maximum absolute atomic E-state index is 12.1. The molecule has 0 spiro atoms. The average Bonchev–Trinajstić information content (AvgIpc) is 3.38. The van der Waals surface area contributed by atoms with E-state index in [-0.39, 0.29) is 12.5 Å². The van der Waals surface area contributed by atoms with Gasteiger partial charge in [-0.05, 0) is 35.9 Å². The maximum Gasteiger partial charge on any atom is 0.258 e. The van der Waals surface area contributed by atoms with Crippen molar-refractivity contribution >= 4 is 29.2 Å². The molecular formula is C20H17ClN6O2. The normalized spacial score (nSPS) is 11.4. The standard InChI is InChI=1S/C20H17ClN6O2/c1-2-16-23-20(29-26-16)14-9-10-27-17(11-14)24-25-18(27)12-22-19(28)8-5-13-3-6-15(21)7-4-13/h3-11H,2,12H2,1H3,(H,22,28)/b8-5+.